The van der Waals surface area contributed by atoms with E-state index < -0.39 is 16.0 Å². The molecule has 0 fully saturated rings. The monoisotopic (exact) mass is 485 g/mol. The van der Waals surface area contributed by atoms with Crippen LogP contribution in [0.15, 0.2) is 77.7 Å². The molecular weight excluding hydrogens is 458 g/mol. The maximum atomic E-state index is 13.0. The molecule has 2 N–H and O–H groups in total. The molecular formula is C26H28ClNO4S. The van der Waals surface area contributed by atoms with Crippen molar-refractivity contribution in [3.8, 4) is 0 Å². The fraction of sp³-hybridized carbons (Fsp3) is 0.269. The van der Waals surface area contributed by atoms with Crippen molar-refractivity contribution >= 4 is 27.6 Å². The number of aromatic carboxylic acids is 1. The molecule has 0 bridgehead atoms. The van der Waals surface area contributed by atoms with Crippen LogP contribution >= 0.6 is 11.6 Å². The summed E-state index contributed by atoms with van der Waals surface area (Å²) in [6, 6.07) is 20.4. The predicted octanol–water partition coefficient (Wildman–Crippen LogP) is 6.23. The Labute approximate surface area is 200 Å². The average Bonchev–Trinajstić information content (AvgIpc) is 2.79. The van der Waals surface area contributed by atoms with Crippen LogP contribution in [0.5, 0.6) is 0 Å². The number of rotatable bonds is 11. The molecule has 3 aromatic rings. The Kier molecular flexibility index (Phi) is 8.67. The lowest BCUT2D eigenvalue weighted by molar-refractivity contribution is 0.0696. The molecule has 0 saturated heterocycles. The Hall–Kier alpha value is -2.67. The van der Waals surface area contributed by atoms with Crippen LogP contribution in [-0.4, -0.2) is 19.5 Å². The lowest BCUT2D eigenvalue weighted by atomic mass is 9.96. The number of hydrogen-bond donors (Lipinski definition) is 2. The smallest absolute Gasteiger partial charge is 0.335 e. The quantitative estimate of drug-likeness (QED) is 0.315. The van der Waals surface area contributed by atoms with E-state index in [9.17, 15) is 18.3 Å². The van der Waals surface area contributed by atoms with Crippen molar-refractivity contribution in [3.05, 3.63) is 100 Å². The van der Waals surface area contributed by atoms with Crippen molar-refractivity contribution < 1.29 is 18.3 Å². The van der Waals surface area contributed by atoms with E-state index in [4.69, 9.17) is 11.6 Å². The van der Waals surface area contributed by atoms with Gasteiger partial charge >= 0.3 is 5.97 Å². The number of hydrogen-bond acceptors (Lipinski definition) is 3. The second-order valence-corrected chi connectivity index (χ2v) is 10.2. The van der Waals surface area contributed by atoms with Gasteiger partial charge in [0.25, 0.3) is 0 Å². The van der Waals surface area contributed by atoms with Crippen molar-refractivity contribution in [2.75, 3.05) is 0 Å². The normalized spacial score (nSPS) is 12.4. The van der Waals surface area contributed by atoms with Gasteiger partial charge in [-0.3, -0.25) is 0 Å². The minimum absolute atomic E-state index is 0.175. The van der Waals surface area contributed by atoms with Gasteiger partial charge in [-0.1, -0.05) is 80.3 Å². The van der Waals surface area contributed by atoms with E-state index in [0.717, 1.165) is 36.0 Å². The zero-order valence-electron chi connectivity index (χ0n) is 18.5. The van der Waals surface area contributed by atoms with E-state index in [1.165, 1.54) is 12.1 Å². The van der Waals surface area contributed by atoms with Crippen molar-refractivity contribution in [1.82, 2.24) is 4.72 Å². The maximum absolute atomic E-state index is 13.0. The third-order valence-corrected chi connectivity index (χ3v) is 7.28. The highest BCUT2D eigenvalue weighted by molar-refractivity contribution is 7.89. The number of halogens is 1. The van der Waals surface area contributed by atoms with Crippen molar-refractivity contribution in [2.24, 2.45) is 0 Å². The van der Waals surface area contributed by atoms with Crippen LogP contribution in [0.25, 0.3) is 0 Å². The van der Waals surface area contributed by atoms with E-state index in [2.05, 4.69) is 11.6 Å². The first-order valence-corrected chi connectivity index (χ1v) is 12.8. The van der Waals surface area contributed by atoms with Crippen molar-refractivity contribution in [1.29, 1.82) is 0 Å². The molecule has 0 aromatic heterocycles. The summed E-state index contributed by atoms with van der Waals surface area (Å²) in [6.07, 6.45) is 4.13. The first-order chi connectivity index (χ1) is 15.8. The summed E-state index contributed by atoms with van der Waals surface area (Å²) in [5.74, 6) is -0.949. The highest BCUT2D eigenvalue weighted by Crippen LogP contribution is 2.25. The Morgan fingerprint density at radius 2 is 1.64 bits per heavy atom. The SMILES string of the molecule is CCCCCC(NS(=O)(=O)c1ccc(Cl)cc1)c1ccc(Cc2ccccc2C(=O)O)cc1. The number of carboxylic acid groups (broad SMARTS) is 1. The molecule has 0 radical (unpaired) electrons. The van der Waals surface area contributed by atoms with E-state index in [1.54, 1.807) is 24.3 Å². The van der Waals surface area contributed by atoms with Gasteiger partial charge in [0, 0.05) is 11.1 Å². The topological polar surface area (TPSA) is 83.5 Å². The van der Waals surface area contributed by atoms with E-state index in [1.807, 2.05) is 36.4 Å². The van der Waals surface area contributed by atoms with E-state index in [-0.39, 0.29) is 16.5 Å². The Balaban J connectivity index is 1.81. The summed E-state index contributed by atoms with van der Waals surface area (Å²) in [6.45, 7) is 2.11. The van der Waals surface area contributed by atoms with Gasteiger partial charge in [-0.15, -0.1) is 0 Å². The Morgan fingerprint density at radius 1 is 0.970 bits per heavy atom. The Bertz CT molecular complexity index is 1180. The van der Waals surface area contributed by atoms with Gasteiger partial charge in [0.2, 0.25) is 10.0 Å². The third-order valence-electron chi connectivity index (χ3n) is 5.54. The number of sulfonamides is 1. The lowest BCUT2D eigenvalue weighted by Gasteiger charge is -2.20. The van der Waals surface area contributed by atoms with Crippen LogP contribution in [0, 0.1) is 0 Å². The van der Waals surface area contributed by atoms with Gasteiger partial charge in [-0.2, -0.15) is 0 Å². The maximum Gasteiger partial charge on any atom is 0.335 e. The van der Waals surface area contributed by atoms with Crippen LogP contribution in [0.2, 0.25) is 5.02 Å². The number of unbranched alkanes of at least 4 members (excludes halogenated alkanes) is 2. The molecule has 0 aliphatic carbocycles. The molecule has 5 nitrogen and oxygen atoms in total. The highest BCUT2D eigenvalue weighted by atomic mass is 35.5. The van der Waals surface area contributed by atoms with E-state index >= 15 is 0 Å². The van der Waals surface area contributed by atoms with Gasteiger partial charge in [0.05, 0.1) is 10.5 Å². The zero-order chi connectivity index (χ0) is 23.8. The van der Waals surface area contributed by atoms with Crippen LogP contribution in [0.4, 0.5) is 0 Å². The first kappa shape index (κ1) is 25.0. The zero-order valence-corrected chi connectivity index (χ0v) is 20.1. The second-order valence-electron chi connectivity index (χ2n) is 8.00. The largest absolute Gasteiger partial charge is 0.478 e. The molecule has 3 rings (SSSR count). The number of carboxylic acids is 1. The molecule has 1 atom stereocenters. The van der Waals surface area contributed by atoms with Gasteiger partial charge in [-0.25, -0.2) is 17.9 Å². The summed E-state index contributed by atoms with van der Waals surface area (Å²) in [5, 5.41) is 9.89. The molecule has 1 unspecified atom stereocenters. The molecule has 174 valence electrons. The minimum atomic E-state index is -3.71. The fourth-order valence-electron chi connectivity index (χ4n) is 3.73. The molecule has 0 aliphatic heterocycles. The molecule has 33 heavy (non-hydrogen) atoms. The van der Waals surface area contributed by atoms with Gasteiger partial charge in [0.1, 0.15) is 0 Å². The third kappa shape index (κ3) is 6.90. The van der Waals surface area contributed by atoms with Crippen LogP contribution in [-0.2, 0) is 16.4 Å². The summed E-state index contributed by atoms with van der Waals surface area (Å²) in [5.41, 5.74) is 2.86. The highest BCUT2D eigenvalue weighted by Gasteiger charge is 2.21. The van der Waals surface area contributed by atoms with Gasteiger partial charge in [0.15, 0.2) is 0 Å². The summed E-state index contributed by atoms with van der Waals surface area (Å²) < 4.78 is 28.8. The lowest BCUT2D eigenvalue weighted by Crippen LogP contribution is -2.28. The molecule has 0 saturated carbocycles. The number of benzene rings is 3. The first-order valence-electron chi connectivity index (χ1n) is 11.0. The summed E-state index contributed by atoms with van der Waals surface area (Å²) in [7, 11) is -3.71. The average molecular weight is 486 g/mol. The van der Waals surface area contributed by atoms with Crippen LogP contribution in [0.1, 0.15) is 65.7 Å². The molecule has 0 amide bonds. The fourth-order valence-corrected chi connectivity index (χ4v) is 5.12. The van der Waals surface area contributed by atoms with E-state index in [0.29, 0.717) is 17.9 Å². The Morgan fingerprint density at radius 3 is 2.27 bits per heavy atom. The summed E-state index contributed by atoms with van der Waals surface area (Å²) >= 11 is 5.90. The van der Waals surface area contributed by atoms with Gasteiger partial charge in [-0.05, 0) is 59.9 Å². The standard InChI is InChI=1S/C26H28ClNO4S/c1-2-3-4-9-25(28-33(31,32)23-16-14-22(27)15-17-23)20-12-10-19(11-13-20)18-21-7-5-6-8-24(21)26(29)30/h5-8,10-17,25,28H,2-4,9,18H2,1H3,(H,29,30). The van der Waals surface area contributed by atoms with Crippen LogP contribution < -0.4 is 4.72 Å². The molecule has 0 spiro atoms. The van der Waals surface area contributed by atoms with Crippen molar-refractivity contribution in [2.45, 2.75) is 50.0 Å². The molecule has 0 aliphatic rings. The second kappa shape index (κ2) is 11.5. The predicted molar refractivity (Wildman–Crippen MR) is 131 cm³/mol. The van der Waals surface area contributed by atoms with Crippen LogP contribution in [0.3, 0.4) is 0 Å². The molecule has 3 aromatic carbocycles. The minimum Gasteiger partial charge on any atom is -0.478 e. The molecule has 0 heterocycles. The van der Waals surface area contributed by atoms with Gasteiger partial charge < -0.3 is 5.11 Å². The summed E-state index contributed by atoms with van der Waals surface area (Å²) in [4.78, 5) is 11.7. The number of nitrogens with one attached hydrogen (secondary N) is 1. The van der Waals surface area contributed by atoms with Crippen molar-refractivity contribution in [3.63, 3.8) is 0 Å². The molecule has 7 heteroatoms. The number of carbonyl (C=O) groups is 1.